The summed E-state index contributed by atoms with van der Waals surface area (Å²) in [6.45, 7) is 7.67. The van der Waals surface area contributed by atoms with Crippen molar-refractivity contribution in [2.75, 3.05) is 44.3 Å². The first kappa shape index (κ1) is 17.5. The molecule has 24 heavy (non-hydrogen) atoms. The first-order chi connectivity index (χ1) is 11.7. The number of rotatable bonds is 5. The summed E-state index contributed by atoms with van der Waals surface area (Å²) in [7, 11) is 0. The molecule has 6 heteroatoms. The fourth-order valence-electron chi connectivity index (χ4n) is 3.23. The molecule has 2 fully saturated rings. The van der Waals surface area contributed by atoms with Crippen molar-refractivity contribution in [1.29, 1.82) is 0 Å². The molecule has 2 N–H and O–H groups in total. The van der Waals surface area contributed by atoms with E-state index in [2.05, 4.69) is 62.7 Å². The SMILES string of the molecule is CCNC(=NCC1CCOC1)NC1CCN(c2ccc(Br)cc2)C1. The average molecular weight is 395 g/mol. The number of halogens is 1. The van der Waals surface area contributed by atoms with Gasteiger partial charge in [0.15, 0.2) is 5.96 Å². The summed E-state index contributed by atoms with van der Waals surface area (Å²) < 4.78 is 6.56. The smallest absolute Gasteiger partial charge is 0.191 e. The van der Waals surface area contributed by atoms with Gasteiger partial charge in [-0.3, -0.25) is 4.99 Å². The van der Waals surface area contributed by atoms with Crippen LogP contribution in [0.5, 0.6) is 0 Å². The van der Waals surface area contributed by atoms with Crippen molar-refractivity contribution in [2.45, 2.75) is 25.8 Å². The molecular formula is C18H27BrN4O. The standard InChI is InChI=1S/C18H27BrN4O/c1-2-20-18(21-11-14-8-10-24-13-14)22-16-7-9-23(12-16)17-5-3-15(19)4-6-17/h3-6,14,16H,2,7-13H2,1H3,(H2,20,21,22). The monoisotopic (exact) mass is 394 g/mol. The molecule has 2 unspecified atom stereocenters. The molecule has 2 saturated heterocycles. The van der Waals surface area contributed by atoms with E-state index in [1.165, 1.54) is 5.69 Å². The lowest BCUT2D eigenvalue weighted by Crippen LogP contribution is -2.44. The lowest BCUT2D eigenvalue weighted by molar-refractivity contribution is 0.187. The second-order valence-corrected chi connectivity index (χ2v) is 7.42. The van der Waals surface area contributed by atoms with Crippen LogP contribution < -0.4 is 15.5 Å². The number of hydrogen-bond acceptors (Lipinski definition) is 3. The van der Waals surface area contributed by atoms with Gasteiger partial charge >= 0.3 is 0 Å². The molecule has 1 aromatic rings. The van der Waals surface area contributed by atoms with E-state index in [4.69, 9.17) is 9.73 Å². The Hall–Kier alpha value is -1.27. The van der Waals surface area contributed by atoms with E-state index in [1.54, 1.807) is 0 Å². The summed E-state index contributed by atoms with van der Waals surface area (Å²) in [5.74, 6) is 1.51. The molecule has 5 nitrogen and oxygen atoms in total. The van der Waals surface area contributed by atoms with Gasteiger partial charge in [-0.25, -0.2) is 0 Å². The van der Waals surface area contributed by atoms with Crippen LogP contribution in [0, 0.1) is 5.92 Å². The Bertz CT molecular complexity index is 542. The Morgan fingerprint density at radius 3 is 2.88 bits per heavy atom. The Labute approximate surface area is 153 Å². The Morgan fingerprint density at radius 1 is 1.33 bits per heavy atom. The third-order valence-electron chi connectivity index (χ3n) is 4.60. The van der Waals surface area contributed by atoms with Crippen LogP contribution in [0.25, 0.3) is 0 Å². The van der Waals surface area contributed by atoms with Gasteiger partial charge in [0.25, 0.3) is 0 Å². The predicted octanol–water partition coefficient (Wildman–Crippen LogP) is 2.62. The van der Waals surface area contributed by atoms with Crippen LogP contribution in [-0.2, 0) is 4.74 Å². The Kier molecular flexibility index (Phi) is 6.37. The Balaban J connectivity index is 1.53. The maximum atomic E-state index is 5.43. The summed E-state index contributed by atoms with van der Waals surface area (Å²) in [6.07, 6.45) is 2.26. The fraction of sp³-hybridized carbons (Fsp3) is 0.611. The van der Waals surface area contributed by atoms with Gasteiger partial charge in [0.1, 0.15) is 0 Å². The van der Waals surface area contributed by atoms with Gasteiger partial charge in [0.05, 0.1) is 6.61 Å². The van der Waals surface area contributed by atoms with Gasteiger partial charge in [-0.15, -0.1) is 0 Å². The van der Waals surface area contributed by atoms with Crippen molar-refractivity contribution in [3.63, 3.8) is 0 Å². The molecule has 2 heterocycles. The van der Waals surface area contributed by atoms with E-state index in [0.29, 0.717) is 12.0 Å². The number of nitrogens with zero attached hydrogens (tertiary/aromatic N) is 2. The molecule has 0 spiro atoms. The number of nitrogens with one attached hydrogen (secondary N) is 2. The highest BCUT2D eigenvalue weighted by molar-refractivity contribution is 9.10. The molecule has 2 atom stereocenters. The van der Waals surface area contributed by atoms with Crippen molar-refractivity contribution in [1.82, 2.24) is 10.6 Å². The molecule has 0 saturated carbocycles. The highest BCUT2D eigenvalue weighted by Gasteiger charge is 2.23. The number of ether oxygens (including phenoxy) is 1. The predicted molar refractivity (Wildman–Crippen MR) is 103 cm³/mol. The molecule has 0 bridgehead atoms. The summed E-state index contributed by atoms with van der Waals surface area (Å²) in [4.78, 5) is 7.19. The molecule has 0 aromatic heterocycles. The van der Waals surface area contributed by atoms with Crippen molar-refractivity contribution in [3.05, 3.63) is 28.7 Å². The van der Waals surface area contributed by atoms with Crippen molar-refractivity contribution in [3.8, 4) is 0 Å². The Morgan fingerprint density at radius 2 is 2.17 bits per heavy atom. The van der Waals surface area contributed by atoms with Crippen LogP contribution in [0.15, 0.2) is 33.7 Å². The summed E-state index contributed by atoms with van der Waals surface area (Å²) in [6, 6.07) is 8.99. The first-order valence-electron chi connectivity index (χ1n) is 8.87. The topological polar surface area (TPSA) is 48.9 Å². The molecule has 2 aliphatic rings. The molecule has 3 rings (SSSR count). The first-order valence-corrected chi connectivity index (χ1v) is 9.67. The van der Waals surface area contributed by atoms with Crippen molar-refractivity contribution < 1.29 is 4.74 Å². The summed E-state index contributed by atoms with van der Waals surface area (Å²) >= 11 is 3.50. The van der Waals surface area contributed by atoms with E-state index in [1.807, 2.05) is 0 Å². The molecule has 0 radical (unpaired) electrons. The molecule has 2 aliphatic heterocycles. The van der Waals surface area contributed by atoms with E-state index in [9.17, 15) is 0 Å². The lowest BCUT2D eigenvalue weighted by atomic mass is 10.1. The zero-order valence-electron chi connectivity index (χ0n) is 14.3. The lowest BCUT2D eigenvalue weighted by Gasteiger charge is -2.20. The third kappa shape index (κ3) is 4.86. The second kappa shape index (κ2) is 8.72. The van der Waals surface area contributed by atoms with E-state index >= 15 is 0 Å². The van der Waals surface area contributed by atoms with Gasteiger partial charge in [-0.05, 0) is 44.0 Å². The zero-order valence-corrected chi connectivity index (χ0v) is 15.9. The van der Waals surface area contributed by atoms with E-state index in [-0.39, 0.29) is 0 Å². The normalized spacial score (nSPS) is 24.4. The van der Waals surface area contributed by atoms with Gasteiger partial charge in [-0.2, -0.15) is 0 Å². The average Bonchev–Trinajstić information content (AvgIpc) is 3.25. The maximum absolute atomic E-state index is 5.43. The van der Waals surface area contributed by atoms with Gasteiger partial charge in [0.2, 0.25) is 0 Å². The molecule has 0 aliphatic carbocycles. The minimum Gasteiger partial charge on any atom is -0.381 e. The van der Waals surface area contributed by atoms with Gasteiger partial charge < -0.3 is 20.3 Å². The fourth-order valence-corrected chi connectivity index (χ4v) is 3.49. The number of benzene rings is 1. The molecule has 0 amide bonds. The minimum absolute atomic E-state index is 0.436. The second-order valence-electron chi connectivity index (χ2n) is 6.50. The van der Waals surface area contributed by atoms with Crippen LogP contribution in [0.2, 0.25) is 0 Å². The number of aliphatic imine (C=N–C) groups is 1. The number of guanidine groups is 1. The largest absolute Gasteiger partial charge is 0.381 e. The number of anilines is 1. The van der Waals surface area contributed by atoms with Crippen LogP contribution in [0.1, 0.15) is 19.8 Å². The van der Waals surface area contributed by atoms with Crippen LogP contribution in [-0.4, -0.2) is 51.4 Å². The van der Waals surface area contributed by atoms with Crippen LogP contribution in [0.3, 0.4) is 0 Å². The van der Waals surface area contributed by atoms with Gasteiger partial charge in [0, 0.05) is 54.9 Å². The van der Waals surface area contributed by atoms with Gasteiger partial charge in [-0.1, -0.05) is 15.9 Å². The highest BCUT2D eigenvalue weighted by atomic mass is 79.9. The zero-order chi connectivity index (χ0) is 16.8. The molecule has 132 valence electrons. The molecule has 1 aromatic carbocycles. The van der Waals surface area contributed by atoms with Crippen LogP contribution in [0.4, 0.5) is 5.69 Å². The molecular weight excluding hydrogens is 368 g/mol. The van der Waals surface area contributed by atoms with Crippen molar-refractivity contribution in [2.24, 2.45) is 10.9 Å². The van der Waals surface area contributed by atoms with Crippen LogP contribution >= 0.6 is 15.9 Å². The third-order valence-corrected chi connectivity index (χ3v) is 5.13. The minimum atomic E-state index is 0.436. The van der Waals surface area contributed by atoms with Crippen molar-refractivity contribution >= 4 is 27.6 Å². The quantitative estimate of drug-likeness (QED) is 0.595. The summed E-state index contributed by atoms with van der Waals surface area (Å²) in [5.41, 5.74) is 1.28. The summed E-state index contributed by atoms with van der Waals surface area (Å²) in [5, 5.41) is 6.97. The maximum Gasteiger partial charge on any atom is 0.191 e. The number of hydrogen-bond donors (Lipinski definition) is 2. The van der Waals surface area contributed by atoms with E-state index in [0.717, 1.165) is 62.7 Å². The highest BCUT2D eigenvalue weighted by Crippen LogP contribution is 2.22. The van der Waals surface area contributed by atoms with E-state index < -0.39 is 0 Å².